The molecule has 0 radical (unpaired) electrons. The summed E-state index contributed by atoms with van der Waals surface area (Å²) >= 11 is 1.13. The summed E-state index contributed by atoms with van der Waals surface area (Å²) in [5, 5.41) is 14.0. The van der Waals surface area contributed by atoms with Crippen LogP contribution >= 0.6 is 11.8 Å². The minimum atomic E-state index is -0.619. The summed E-state index contributed by atoms with van der Waals surface area (Å²) in [7, 11) is 0. The standard InChI is InChI=1S/C16H17N5O6S/c1-9(22)28-12-6-13(14-18-15(17)19-27-14)20(7-12)16(23)26-8-10-2-4-11(5-3-10)21(24)25/h2-5,12-13H,6-8H2,1H3,(H2,17,19)/t12-,13-/m0/s1. The first-order valence-electron chi connectivity index (χ1n) is 8.26. The lowest BCUT2D eigenvalue weighted by Crippen LogP contribution is -2.32. The van der Waals surface area contributed by atoms with Gasteiger partial charge in [-0.25, -0.2) is 4.79 Å². The molecule has 1 amide bonds. The summed E-state index contributed by atoms with van der Waals surface area (Å²) in [6.45, 7) is 1.67. The van der Waals surface area contributed by atoms with Gasteiger partial charge in [-0.3, -0.25) is 19.8 Å². The Balaban J connectivity index is 1.68. The molecule has 1 aromatic carbocycles. The number of nitro benzene ring substituents is 1. The number of rotatable bonds is 5. The van der Waals surface area contributed by atoms with Gasteiger partial charge in [0, 0.05) is 30.9 Å². The SMILES string of the molecule is CC(=O)S[C@H]1C[C@@H](c2nc(N)no2)N(C(=O)OCc2ccc([N+](=O)[O-])cc2)C1. The summed E-state index contributed by atoms with van der Waals surface area (Å²) in [4.78, 5) is 39.6. The molecule has 2 aromatic rings. The lowest BCUT2D eigenvalue weighted by atomic mass is 10.2. The Morgan fingerprint density at radius 1 is 1.43 bits per heavy atom. The number of nitro groups is 1. The Morgan fingerprint density at radius 2 is 2.14 bits per heavy atom. The number of benzene rings is 1. The molecule has 1 saturated heterocycles. The molecule has 28 heavy (non-hydrogen) atoms. The second-order valence-electron chi connectivity index (χ2n) is 6.10. The molecular weight excluding hydrogens is 390 g/mol. The fourth-order valence-corrected chi connectivity index (χ4v) is 3.86. The highest BCUT2D eigenvalue weighted by Crippen LogP contribution is 2.37. The van der Waals surface area contributed by atoms with Gasteiger partial charge in [0.25, 0.3) is 17.5 Å². The predicted molar refractivity (Wildman–Crippen MR) is 98.1 cm³/mol. The maximum Gasteiger partial charge on any atom is 0.410 e. The van der Waals surface area contributed by atoms with Crippen molar-refractivity contribution in [1.82, 2.24) is 15.0 Å². The number of anilines is 1. The highest BCUT2D eigenvalue weighted by Gasteiger charge is 2.41. The third-order valence-corrected chi connectivity index (χ3v) is 5.09. The number of carbonyl (C=O) groups excluding carboxylic acids is 2. The largest absolute Gasteiger partial charge is 0.445 e. The molecular formula is C16H17N5O6S. The predicted octanol–water partition coefficient (Wildman–Crippen LogP) is 2.29. The third kappa shape index (κ3) is 4.57. The van der Waals surface area contributed by atoms with Gasteiger partial charge in [-0.1, -0.05) is 11.8 Å². The van der Waals surface area contributed by atoms with Crippen LogP contribution in [0.2, 0.25) is 0 Å². The minimum Gasteiger partial charge on any atom is -0.445 e. The number of non-ortho nitro benzene ring substituents is 1. The molecule has 1 aliphatic heterocycles. The van der Waals surface area contributed by atoms with Gasteiger partial charge in [0.05, 0.1) is 4.92 Å². The van der Waals surface area contributed by atoms with Gasteiger partial charge in [0.2, 0.25) is 0 Å². The average molecular weight is 407 g/mol. The van der Waals surface area contributed by atoms with E-state index in [1.54, 1.807) is 0 Å². The molecule has 3 rings (SSSR count). The molecule has 2 N–H and O–H groups in total. The van der Waals surface area contributed by atoms with Crippen LogP contribution in [-0.4, -0.2) is 43.0 Å². The lowest BCUT2D eigenvalue weighted by Gasteiger charge is -2.21. The van der Waals surface area contributed by atoms with E-state index in [4.69, 9.17) is 15.0 Å². The summed E-state index contributed by atoms with van der Waals surface area (Å²) in [5.41, 5.74) is 6.05. The summed E-state index contributed by atoms with van der Waals surface area (Å²) in [5.74, 6) is 0.133. The fraction of sp³-hybridized carbons (Fsp3) is 0.375. The molecule has 0 spiro atoms. The number of ether oxygens (including phenoxy) is 1. The maximum atomic E-state index is 12.6. The number of likely N-dealkylation sites (tertiary alicyclic amines) is 1. The Hall–Kier alpha value is -3.15. The van der Waals surface area contributed by atoms with E-state index in [1.807, 2.05) is 0 Å². The average Bonchev–Trinajstić information content (AvgIpc) is 3.25. The molecule has 2 atom stereocenters. The van der Waals surface area contributed by atoms with Crippen LogP contribution in [0.25, 0.3) is 0 Å². The van der Waals surface area contributed by atoms with E-state index < -0.39 is 17.1 Å². The van der Waals surface area contributed by atoms with Gasteiger partial charge in [-0.15, -0.1) is 0 Å². The fourth-order valence-electron chi connectivity index (χ4n) is 2.88. The van der Waals surface area contributed by atoms with Crippen LogP contribution < -0.4 is 5.73 Å². The number of nitrogen functional groups attached to an aromatic ring is 1. The number of nitrogens with zero attached hydrogens (tertiary/aromatic N) is 4. The van der Waals surface area contributed by atoms with Crippen molar-refractivity contribution in [2.24, 2.45) is 0 Å². The van der Waals surface area contributed by atoms with E-state index in [0.717, 1.165) is 11.8 Å². The topological polar surface area (TPSA) is 155 Å². The zero-order chi connectivity index (χ0) is 20.3. The Labute approximate surface area is 163 Å². The summed E-state index contributed by atoms with van der Waals surface area (Å²) in [6.07, 6.45) is -0.176. The van der Waals surface area contributed by atoms with E-state index in [9.17, 15) is 19.7 Å². The van der Waals surface area contributed by atoms with Crippen molar-refractivity contribution in [2.75, 3.05) is 12.3 Å². The van der Waals surface area contributed by atoms with Crippen molar-refractivity contribution in [2.45, 2.75) is 31.2 Å². The lowest BCUT2D eigenvalue weighted by molar-refractivity contribution is -0.384. The maximum absolute atomic E-state index is 12.6. The molecule has 1 fully saturated rings. The summed E-state index contributed by atoms with van der Waals surface area (Å²) < 4.78 is 10.4. The Bertz CT molecular complexity index is 886. The molecule has 0 saturated carbocycles. The van der Waals surface area contributed by atoms with Crippen molar-refractivity contribution in [3.63, 3.8) is 0 Å². The number of amides is 1. The first kappa shape index (κ1) is 19.6. The van der Waals surface area contributed by atoms with E-state index in [1.165, 1.54) is 36.1 Å². The zero-order valence-electron chi connectivity index (χ0n) is 14.8. The second-order valence-corrected chi connectivity index (χ2v) is 7.58. The highest BCUT2D eigenvalue weighted by atomic mass is 32.2. The molecule has 1 aliphatic rings. The van der Waals surface area contributed by atoms with Crippen molar-refractivity contribution < 1.29 is 23.8 Å². The van der Waals surface area contributed by atoms with Gasteiger partial charge >= 0.3 is 6.09 Å². The minimum absolute atomic E-state index is 0.0446. The number of hydrogen-bond donors (Lipinski definition) is 1. The number of carbonyl (C=O) groups is 2. The van der Waals surface area contributed by atoms with E-state index in [-0.39, 0.29) is 41.0 Å². The van der Waals surface area contributed by atoms with Crippen molar-refractivity contribution in [1.29, 1.82) is 0 Å². The highest BCUT2D eigenvalue weighted by molar-refractivity contribution is 8.14. The number of hydrogen-bond acceptors (Lipinski definition) is 10. The van der Waals surface area contributed by atoms with Crippen LogP contribution in [0.4, 0.5) is 16.4 Å². The van der Waals surface area contributed by atoms with Crippen LogP contribution in [0.5, 0.6) is 0 Å². The normalized spacial score (nSPS) is 18.8. The number of aromatic nitrogens is 2. The van der Waals surface area contributed by atoms with Crippen LogP contribution in [0.3, 0.4) is 0 Å². The molecule has 148 valence electrons. The first-order chi connectivity index (χ1) is 13.3. The molecule has 0 unspecified atom stereocenters. The first-order valence-corrected chi connectivity index (χ1v) is 9.14. The van der Waals surface area contributed by atoms with Gasteiger partial charge in [-0.2, -0.15) is 4.98 Å². The Morgan fingerprint density at radius 3 is 2.71 bits per heavy atom. The molecule has 11 nitrogen and oxygen atoms in total. The zero-order valence-corrected chi connectivity index (χ0v) is 15.6. The number of thioether (sulfide) groups is 1. The second kappa shape index (κ2) is 8.25. The smallest absolute Gasteiger partial charge is 0.410 e. The van der Waals surface area contributed by atoms with Crippen molar-refractivity contribution in [3.05, 3.63) is 45.8 Å². The van der Waals surface area contributed by atoms with E-state index >= 15 is 0 Å². The van der Waals surface area contributed by atoms with Crippen LogP contribution in [0, 0.1) is 10.1 Å². The van der Waals surface area contributed by atoms with Gasteiger partial charge < -0.3 is 15.0 Å². The van der Waals surface area contributed by atoms with Crippen LogP contribution in [-0.2, 0) is 16.1 Å². The van der Waals surface area contributed by atoms with Gasteiger partial charge in [-0.05, 0) is 29.3 Å². The van der Waals surface area contributed by atoms with Crippen molar-refractivity contribution >= 4 is 34.6 Å². The third-order valence-electron chi connectivity index (χ3n) is 4.08. The molecule has 12 heteroatoms. The van der Waals surface area contributed by atoms with E-state index in [0.29, 0.717) is 12.0 Å². The quantitative estimate of drug-likeness (QED) is 0.576. The molecule has 0 aliphatic carbocycles. The summed E-state index contributed by atoms with van der Waals surface area (Å²) in [6, 6.07) is 5.15. The van der Waals surface area contributed by atoms with E-state index in [2.05, 4.69) is 10.1 Å². The molecule has 2 heterocycles. The van der Waals surface area contributed by atoms with Crippen LogP contribution in [0.15, 0.2) is 28.8 Å². The monoisotopic (exact) mass is 407 g/mol. The number of nitrogens with two attached hydrogens (primary N) is 1. The molecule has 1 aromatic heterocycles. The van der Waals surface area contributed by atoms with Gasteiger partial charge in [0.15, 0.2) is 5.12 Å². The van der Waals surface area contributed by atoms with Gasteiger partial charge in [0.1, 0.15) is 12.6 Å². The van der Waals surface area contributed by atoms with Crippen LogP contribution in [0.1, 0.15) is 30.8 Å². The Kier molecular flexibility index (Phi) is 5.78. The van der Waals surface area contributed by atoms with Crippen molar-refractivity contribution in [3.8, 4) is 0 Å². The molecule has 0 bridgehead atoms.